The molecule has 5 nitrogen and oxygen atoms in total. The molecule has 0 radical (unpaired) electrons. The standard InChI is InChI=1S/C10H21N3O2S/c1-8(2)6-12-9(14)7-13-10(16)11-4-5-15-3/h8H,4-7H2,1-3H3,(H,12,14)(H2,11,13,16). The number of amides is 1. The SMILES string of the molecule is COCCNC(=S)NCC(=O)NCC(C)C. The van der Waals surface area contributed by atoms with Crippen molar-refractivity contribution in [2.45, 2.75) is 13.8 Å². The predicted molar refractivity (Wildman–Crippen MR) is 68.3 cm³/mol. The van der Waals surface area contributed by atoms with E-state index in [1.807, 2.05) is 13.8 Å². The Kier molecular flexibility index (Phi) is 8.84. The molecule has 0 aliphatic carbocycles. The molecule has 0 aliphatic heterocycles. The molecule has 0 bridgehead atoms. The highest BCUT2D eigenvalue weighted by atomic mass is 32.1. The van der Waals surface area contributed by atoms with Gasteiger partial charge in [-0.05, 0) is 18.1 Å². The Morgan fingerprint density at radius 1 is 1.31 bits per heavy atom. The summed E-state index contributed by atoms with van der Waals surface area (Å²) in [5, 5.41) is 9.00. The number of thiocarbonyl (C=S) groups is 1. The van der Waals surface area contributed by atoms with E-state index < -0.39 is 0 Å². The van der Waals surface area contributed by atoms with Gasteiger partial charge in [0.15, 0.2) is 5.11 Å². The topological polar surface area (TPSA) is 62.4 Å². The number of ether oxygens (including phenoxy) is 1. The molecule has 0 spiro atoms. The van der Waals surface area contributed by atoms with Gasteiger partial charge in [0.2, 0.25) is 5.91 Å². The first kappa shape index (κ1) is 15.1. The largest absolute Gasteiger partial charge is 0.383 e. The first-order chi connectivity index (χ1) is 7.56. The van der Waals surface area contributed by atoms with Crippen LogP contribution in [-0.4, -0.2) is 44.4 Å². The molecule has 6 heteroatoms. The van der Waals surface area contributed by atoms with E-state index in [0.29, 0.717) is 30.7 Å². The van der Waals surface area contributed by atoms with Crippen LogP contribution >= 0.6 is 12.2 Å². The maximum absolute atomic E-state index is 11.3. The van der Waals surface area contributed by atoms with Crippen LogP contribution in [0.2, 0.25) is 0 Å². The monoisotopic (exact) mass is 247 g/mol. The summed E-state index contributed by atoms with van der Waals surface area (Å²) in [4.78, 5) is 11.3. The lowest BCUT2D eigenvalue weighted by Gasteiger charge is -2.11. The zero-order valence-electron chi connectivity index (χ0n) is 10.1. The van der Waals surface area contributed by atoms with Gasteiger partial charge in [-0.25, -0.2) is 0 Å². The second-order valence-electron chi connectivity index (χ2n) is 3.80. The van der Waals surface area contributed by atoms with E-state index in [2.05, 4.69) is 16.0 Å². The highest BCUT2D eigenvalue weighted by Crippen LogP contribution is 1.86. The average molecular weight is 247 g/mol. The highest BCUT2D eigenvalue weighted by Gasteiger charge is 2.02. The second kappa shape index (κ2) is 9.35. The minimum absolute atomic E-state index is 0.0513. The van der Waals surface area contributed by atoms with E-state index in [1.165, 1.54) is 0 Å². The first-order valence-electron chi connectivity index (χ1n) is 5.33. The fourth-order valence-corrected chi connectivity index (χ4v) is 1.04. The van der Waals surface area contributed by atoms with Gasteiger partial charge in [0, 0.05) is 20.2 Å². The molecule has 94 valence electrons. The van der Waals surface area contributed by atoms with E-state index in [1.54, 1.807) is 7.11 Å². The molecule has 3 N–H and O–H groups in total. The summed E-state index contributed by atoms with van der Waals surface area (Å²) in [5.74, 6) is 0.403. The minimum Gasteiger partial charge on any atom is -0.383 e. The van der Waals surface area contributed by atoms with E-state index in [0.717, 1.165) is 0 Å². The van der Waals surface area contributed by atoms with E-state index in [9.17, 15) is 4.79 Å². The Morgan fingerprint density at radius 2 is 2.00 bits per heavy atom. The molecule has 0 heterocycles. The summed E-state index contributed by atoms with van der Waals surface area (Å²) >= 11 is 4.96. The molecule has 0 aromatic carbocycles. The van der Waals surface area contributed by atoms with E-state index >= 15 is 0 Å². The Labute approximate surface area is 102 Å². The summed E-state index contributed by atoms with van der Waals surface area (Å²) in [6.07, 6.45) is 0. The summed E-state index contributed by atoms with van der Waals surface area (Å²) in [5.41, 5.74) is 0. The van der Waals surface area contributed by atoms with Gasteiger partial charge in [-0.15, -0.1) is 0 Å². The minimum atomic E-state index is -0.0513. The van der Waals surface area contributed by atoms with Crippen molar-refractivity contribution < 1.29 is 9.53 Å². The molecule has 0 aliphatic rings. The van der Waals surface area contributed by atoms with Gasteiger partial charge in [-0.3, -0.25) is 4.79 Å². The Balaban J connectivity index is 3.47. The zero-order chi connectivity index (χ0) is 12.4. The average Bonchev–Trinajstić information content (AvgIpc) is 2.24. The highest BCUT2D eigenvalue weighted by molar-refractivity contribution is 7.80. The molecule has 0 atom stereocenters. The molecule has 0 aromatic rings. The van der Waals surface area contributed by atoms with Crippen LogP contribution in [0.25, 0.3) is 0 Å². The summed E-state index contributed by atoms with van der Waals surface area (Å²) < 4.78 is 4.85. The fraction of sp³-hybridized carbons (Fsp3) is 0.800. The quantitative estimate of drug-likeness (QED) is 0.432. The van der Waals surface area contributed by atoms with Crippen LogP contribution < -0.4 is 16.0 Å². The van der Waals surface area contributed by atoms with Gasteiger partial charge in [0.25, 0.3) is 0 Å². The maximum Gasteiger partial charge on any atom is 0.239 e. The predicted octanol–water partition coefficient (Wildman–Crippen LogP) is -0.131. The van der Waals surface area contributed by atoms with Crippen molar-refractivity contribution in [3.05, 3.63) is 0 Å². The van der Waals surface area contributed by atoms with Crippen LogP contribution in [0.4, 0.5) is 0 Å². The second-order valence-corrected chi connectivity index (χ2v) is 4.21. The van der Waals surface area contributed by atoms with E-state index in [4.69, 9.17) is 17.0 Å². The van der Waals surface area contributed by atoms with Crippen molar-refractivity contribution >= 4 is 23.2 Å². The van der Waals surface area contributed by atoms with Crippen LogP contribution in [0.5, 0.6) is 0 Å². The zero-order valence-corrected chi connectivity index (χ0v) is 10.9. The van der Waals surface area contributed by atoms with Crippen LogP contribution in [0.1, 0.15) is 13.8 Å². The van der Waals surface area contributed by atoms with Crippen LogP contribution in [0.15, 0.2) is 0 Å². The maximum atomic E-state index is 11.3. The number of hydrogen-bond donors (Lipinski definition) is 3. The molecule has 1 amide bonds. The summed E-state index contributed by atoms with van der Waals surface area (Å²) in [7, 11) is 1.62. The normalized spacial score (nSPS) is 10.0. The van der Waals surface area contributed by atoms with Crippen molar-refractivity contribution in [3.8, 4) is 0 Å². The van der Waals surface area contributed by atoms with Gasteiger partial charge in [-0.2, -0.15) is 0 Å². The van der Waals surface area contributed by atoms with Gasteiger partial charge in [0.1, 0.15) is 0 Å². The fourth-order valence-electron chi connectivity index (χ4n) is 0.870. The Morgan fingerprint density at radius 3 is 2.56 bits per heavy atom. The molecule has 16 heavy (non-hydrogen) atoms. The number of methoxy groups -OCH3 is 1. The van der Waals surface area contributed by atoms with Crippen molar-refractivity contribution in [2.75, 3.05) is 33.4 Å². The lowest BCUT2D eigenvalue weighted by atomic mass is 10.2. The summed E-state index contributed by atoms with van der Waals surface area (Å²) in [6, 6.07) is 0. The molecular formula is C10H21N3O2S. The smallest absolute Gasteiger partial charge is 0.239 e. The van der Waals surface area contributed by atoms with Crippen molar-refractivity contribution in [1.82, 2.24) is 16.0 Å². The lowest BCUT2D eigenvalue weighted by Crippen LogP contribution is -2.43. The molecule has 0 aromatic heterocycles. The molecule has 0 fully saturated rings. The van der Waals surface area contributed by atoms with Crippen molar-refractivity contribution in [2.24, 2.45) is 5.92 Å². The van der Waals surface area contributed by atoms with Gasteiger partial charge >= 0.3 is 0 Å². The molecule has 0 rings (SSSR count). The molecule has 0 unspecified atom stereocenters. The third-order valence-electron chi connectivity index (χ3n) is 1.71. The molecule has 0 saturated heterocycles. The number of carbonyl (C=O) groups is 1. The third-order valence-corrected chi connectivity index (χ3v) is 2.00. The van der Waals surface area contributed by atoms with Crippen LogP contribution in [-0.2, 0) is 9.53 Å². The summed E-state index contributed by atoms with van der Waals surface area (Å²) in [6.45, 7) is 6.20. The van der Waals surface area contributed by atoms with Crippen LogP contribution in [0, 0.1) is 5.92 Å². The molecule has 0 saturated carbocycles. The van der Waals surface area contributed by atoms with Crippen molar-refractivity contribution in [3.63, 3.8) is 0 Å². The van der Waals surface area contributed by atoms with Gasteiger partial charge in [0.05, 0.1) is 13.2 Å². The number of carbonyl (C=O) groups excluding carboxylic acids is 1. The Bertz CT molecular complexity index is 222. The lowest BCUT2D eigenvalue weighted by molar-refractivity contribution is -0.120. The number of nitrogens with one attached hydrogen (secondary N) is 3. The third kappa shape index (κ3) is 9.67. The number of hydrogen-bond acceptors (Lipinski definition) is 3. The number of rotatable bonds is 7. The van der Waals surface area contributed by atoms with Crippen LogP contribution in [0.3, 0.4) is 0 Å². The van der Waals surface area contributed by atoms with Crippen molar-refractivity contribution in [1.29, 1.82) is 0 Å². The van der Waals surface area contributed by atoms with Gasteiger partial charge < -0.3 is 20.7 Å². The van der Waals surface area contributed by atoms with Gasteiger partial charge in [-0.1, -0.05) is 13.8 Å². The molecular weight excluding hydrogens is 226 g/mol. The first-order valence-corrected chi connectivity index (χ1v) is 5.74. The van der Waals surface area contributed by atoms with E-state index in [-0.39, 0.29) is 12.5 Å². The Hall–Kier alpha value is -0.880.